The summed E-state index contributed by atoms with van der Waals surface area (Å²) in [6.07, 6.45) is 0.841. The molecule has 1 heterocycles. The highest BCUT2D eigenvalue weighted by atomic mass is 16.6. The third kappa shape index (κ3) is 3.08. The molecule has 1 saturated heterocycles. The van der Waals surface area contributed by atoms with Crippen molar-refractivity contribution in [3.63, 3.8) is 0 Å². The standard InChI is InChI=1S/C13H17N3O3/c1-9-8-14-7-6-11(9)15-13(17)10-4-2-3-5-12(10)16(18)19/h2-5,9,11,14H,6-8H2,1H3,(H,15,17). The number of para-hydroxylation sites is 1. The van der Waals surface area contributed by atoms with Crippen LogP contribution in [-0.2, 0) is 0 Å². The summed E-state index contributed by atoms with van der Waals surface area (Å²) in [5.41, 5.74) is -0.0279. The fourth-order valence-electron chi connectivity index (χ4n) is 2.30. The summed E-state index contributed by atoms with van der Waals surface area (Å²) in [7, 11) is 0. The minimum atomic E-state index is -0.527. The Labute approximate surface area is 111 Å². The number of nitro benzene ring substituents is 1. The van der Waals surface area contributed by atoms with Crippen molar-refractivity contribution in [1.29, 1.82) is 0 Å². The number of benzene rings is 1. The molecule has 6 heteroatoms. The molecule has 19 heavy (non-hydrogen) atoms. The Hall–Kier alpha value is -1.95. The smallest absolute Gasteiger partial charge is 0.282 e. The second-order valence-corrected chi connectivity index (χ2v) is 4.82. The maximum atomic E-state index is 12.1. The molecule has 2 rings (SSSR count). The van der Waals surface area contributed by atoms with Crippen molar-refractivity contribution >= 4 is 11.6 Å². The molecule has 0 bridgehead atoms. The van der Waals surface area contributed by atoms with E-state index >= 15 is 0 Å². The maximum Gasteiger partial charge on any atom is 0.282 e. The molecule has 1 aliphatic heterocycles. The van der Waals surface area contributed by atoms with Crippen LogP contribution in [0.4, 0.5) is 5.69 Å². The number of nitro groups is 1. The van der Waals surface area contributed by atoms with Gasteiger partial charge in [0.05, 0.1) is 4.92 Å². The van der Waals surface area contributed by atoms with Gasteiger partial charge < -0.3 is 10.6 Å². The number of carbonyl (C=O) groups is 1. The first-order valence-corrected chi connectivity index (χ1v) is 6.34. The van der Waals surface area contributed by atoms with Crippen molar-refractivity contribution in [2.45, 2.75) is 19.4 Å². The van der Waals surface area contributed by atoms with Gasteiger partial charge in [-0.1, -0.05) is 19.1 Å². The molecular formula is C13H17N3O3. The average molecular weight is 263 g/mol. The van der Waals surface area contributed by atoms with Gasteiger partial charge >= 0.3 is 0 Å². The van der Waals surface area contributed by atoms with Crippen molar-refractivity contribution in [3.8, 4) is 0 Å². The van der Waals surface area contributed by atoms with Gasteiger partial charge in [0.25, 0.3) is 11.6 Å². The van der Waals surface area contributed by atoms with Crippen LogP contribution in [0, 0.1) is 16.0 Å². The lowest BCUT2D eigenvalue weighted by Gasteiger charge is -2.30. The van der Waals surface area contributed by atoms with Gasteiger partial charge in [-0.25, -0.2) is 0 Å². The van der Waals surface area contributed by atoms with Crippen molar-refractivity contribution < 1.29 is 9.72 Å². The first-order chi connectivity index (χ1) is 9.09. The SMILES string of the molecule is CC1CNCCC1NC(=O)c1ccccc1[N+](=O)[O-]. The van der Waals surface area contributed by atoms with Gasteiger partial charge in [-0.3, -0.25) is 14.9 Å². The zero-order chi connectivity index (χ0) is 13.8. The normalized spacial score (nSPS) is 22.8. The number of hydrogen-bond donors (Lipinski definition) is 2. The Morgan fingerprint density at radius 1 is 1.47 bits per heavy atom. The summed E-state index contributed by atoms with van der Waals surface area (Å²) in [6.45, 7) is 3.75. The van der Waals surface area contributed by atoms with E-state index in [1.807, 2.05) is 0 Å². The lowest BCUT2D eigenvalue weighted by atomic mass is 9.95. The topological polar surface area (TPSA) is 84.3 Å². The van der Waals surface area contributed by atoms with Gasteiger partial charge in [0.1, 0.15) is 5.56 Å². The minimum absolute atomic E-state index is 0.0635. The largest absolute Gasteiger partial charge is 0.349 e. The van der Waals surface area contributed by atoms with Gasteiger partial charge in [-0.2, -0.15) is 0 Å². The van der Waals surface area contributed by atoms with Crippen LogP contribution in [0.25, 0.3) is 0 Å². The predicted octanol–water partition coefficient (Wildman–Crippen LogP) is 1.32. The molecular weight excluding hydrogens is 246 g/mol. The van der Waals surface area contributed by atoms with Crippen molar-refractivity contribution in [1.82, 2.24) is 10.6 Å². The highest BCUT2D eigenvalue weighted by Gasteiger charge is 2.26. The molecule has 1 amide bonds. The Kier molecular flexibility index (Phi) is 4.11. The lowest BCUT2D eigenvalue weighted by Crippen LogP contribution is -2.48. The fourth-order valence-corrected chi connectivity index (χ4v) is 2.30. The number of piperidine rings is 1. The summed E-state index contributed by atoms with van der Waals surface area (Å²) < 4.78 is 0. The summed E-state index contributed by atoms with van der Waals surface area (Å²) in [4.78, 5) is 22.5. The molecule has 0 spiro atoms. The van der Waals surface area contributed by atoms with Gasteiger partial charge in [-0.15, -0.1) is 0 Å². The first kappa shape index (κ1) is 13.5. The molecule has 1 fully saturated rings. The van der Waals surface area contributed by atoms with Gasteiger partial charge in [0.2, 0.25) is 0 Å². The molecule has 1 aromatic rings. The number of nitrogens with zero attached hydrogens (tertiary/aromatic N) is 1. The van der Waals surface area contributed by atoms with Crippen LogP contribution in [0.5, 0.6) is 0 Å². The van der Waals surface area contributed by atoms with Gasteiger partial charge in [0, 0.05) is 12.1 Å². The van der Waals surface area contributed by atoms with Crippen molar-refractivity contribution in [2.75, 3.05) is 13.1 Å². The number of nitrogens with one attached hydrogen (secondary N) is 2. The number of carbonyl (C=O) groups excluding carboxylic acids is 1. The van der Waals surface area contributed by atoms with Crippen LogP contribution in [-0.4, -0.2) is 30.0 Å². The lowest BCUT2D eigenvalue weighted by molar-refractivity contribution is -0.385. The molecule has 1 aromatic carbocycles. The minimum Gasteiger partial charge on any atom is -0.349 e. The molecule has 102 valence electrons. The zero-order valence-electron chi connectivity index (χ0n) is 10.8. The fraction of sp³-hybridized carbons (Fsp3) is 0.462. The second-order valence-electron chi connectivity index (χ2n) is 4.82. The molecule has 2 unspecified atom stereocenters. The molecule has 0 aliphatic carbocycles. The van der Waals surface area contributed by atoms with Crippen molar-refractivity contribution in [3.05, 3.63) is 39.9 Å². The molecule has 0 aromatic heterocycles. The Balaban J connectivity index is 2.13. The molecule has 2 N–H and O–H groups in total. The van der Waals surface area contributed by atoms with E-state index in [0.29, 0.717) is 5.92 Å². The van der Waals surface area contributed by atoms with Crippen LogP contribution in [0.1, 0.15) is 23.7 Å². The third-order valence-electron chi connectivity index (χ3n) is 3.45. The van der Waals surface area contributed by atoms with Gasteiger partial charge in [0.15, 0.2) is 0 Å². The van der Waals surface area contributed by atoms with E-state index in [4.69, 9.17) is 0 Å². The highest BCUT2D eigenvalue weighted by molar-refractivity contribution is 5.98. The molecule has 6 nitrogen and oxygen atoms in total. The number of rotatable bonds is 3. The van der Waals surface area contributed by atoms with Crippen LogP contribution in [0.2, 0.25) is 0 Å². The molecule has 2 atom stereocenters. The zero-order valence-corrected chi connectivity index (χ0v) is 10.8. The summed E-state index contributed by atoms with van der Waals surface area (Å²) in [5.74, 6) is -0.0495. The Morgan fingerprint density at radius 2 is 2.21 bits per heavy atom. The number of amides is 1. The quantitative estimate of drug-likeness (QED) is 0.636. The Bertz CT molecular complexity index is 490. The van der Waals surface area contributed by atoms with E-state index in [2.05, 4.69) is 17.6 Å². The average Bonchev–Trinajstić information content (AvgIpc) is 2.41. The Morgan fingerprint density at radius 3 is 2.89 bits per heavy atom. The van der Waals surface area contributed by atoms with E-state index in [0.717, 1.165) is 19.5 Å². The molecule has 0 saturated carbocycles. The van der Waals surface area contributed by atoms with E-state index in [-0.39, 0.29) is 23.2 Å². The second kappa shape index (κ2) is 5.79. The monoisotopic (exact) mass is 263 g/mol. The highest BCUT2D eigenvalue weighted by Crippen LogP contribution is 2.19. The molecule has 0 radical (unpaired) electrons. The summed E-state index contributed by atoms with van der Waals surface area (Å²) >= 11 is 0. The van der Waals surface area contributed by atoms with Crippen LogP contribution in [0.15, 0.2) is 24.3 Å². The predicted molar refractivity (Wildman–Crippen MR) is 71.0 cm³/mol. The summed E-state index contributed by atoms with van der Waals surface area (Å²) in [6, 6.07) is 6.09. The third-order valence-corrected chi connectivity index (χ3v) is 3.45. The first-order valence-electron chi connectivity index (χ1n) is 6.34. The van der Waals surface area contributed by atoms with E-state index < -0.39 is 4.92 Å². The summed E-state index contributed by atoms with van der Waals surface area (Å²) in [5, 5.41) is 17.0. The maximum absolute atomic E-state index is 12.1. The van der Waals surface area contributed by atoms with Crippen LogP contribution < -0.4 is 10.6 Å². The van der Waals surface area contributed by atoms with Crippen molar-refractivity contribution in [2.24, 2.45) is 5.92 Å². The van der Waals surface area contributed by atoms with Gasteiger partial charge in [-0.05, 0) is 31.5 Å². The van der Waals surface area contributed by atoms with Crippen LogP contribution >= 0.6 is 0 Å². The molecule has 1 aliphatic rings. The van der Waals surface area contributed by atoms with E-state index in [9.17, 15) is 14.9 Å². The van der Waals surface area contributed by atoms with E-state index in [1.54, 1.807) is 12.1 Å². The number of hydrogen-bond acceptors (Lipinski definition) is 4. The van der Waals surface area contributed by atoms with E-state index in [1.165, 1.54) is 12.1 Å². The van der Waals surface area contributed by atoms with Crippen LogP contribution in [0.3, 0.4) is 0 Å².